The van der Waals surface area contributed by atoms with E-state index < -0.39 is 41.8 Å². The summed E-state index contributed by atoms with van der Waals surface area (Å²) in [6, 6.07) is -2.99. The minimum Gasteiger partial charge on any atom is -0.480 e. The highest BCUT2D eigenvalue weighted by Crippen LogP contribution is 2.02. The molecule has 10 heteroatoms. The fourth-order valence-corrected chi connectivity index (χ4v) is 1.86. The first-order chi connectivity index (χ1) is 11.2. The third-order valence-corrected chi connectivity index (χ3v) is 3.35. The maximum Gasteiger partial charge on any atom is 0.326 e. The van der Waals surface area contributed by atoms with Crippen molar-refractivity contribution in [3.63, 3.8) is 0 Å². The van der Waals surface area contributed by atoms with Gasteiger partial charge < -0.3 is 32.9 Å². The van der Waals surface area contributed by atoms with Crippen LogP contribution in [0.1, 0.15) is 39.0 Å². The summed E-state index contributed by atoms with van der Waals surface area (Å²) in [5, 5.41) is 13.8. The van der Waals surface area contributed by atoms with Crippen molar-refractivity contribution in [2.45, 2.75) is 57.2 Å². The van der Waals surface area contributed by atoms with Crippen LogP contribution in [-0.2, 0) is 19.2 Å². The summed E-state index contributed by atoms with van der Waals surface area (Å²) in [6.45, 7) is 1.85. The van der Waals surface area contributed by atoms with E-state index in [1.54, 1.807) is 0 Å². The van der Waals surface area contributed by atoms with Crippen molar-refractivity contribution < 1.29 is 24.3 Å². The number of carbonyl (C=O) groups excluding carboxylic acids is 3. The average Bonchev–Trinajstić information content (AvgIpc) is 2.50. The molecular formula is C14H27N5O5. The van der Waals surface area contributed by atoms with Crippen LogP contribution in [0, 0.1) is 0 Å². The van der Waals surface area contributed by atoms with Gasteiger partial charge >= 0.3 is 5.97 Å². The van der Waals surface area contributed by atoms with E-state index in [9.17, 15) is 19.2 Å². The summed E-state index contributed by atoms with van der Waals surface area (Å²) in [4.78, 5) is 45.6. The molecule has 9 N–H and O–H groups in total. The van der Waals surface area contributed by atoms with Crippen LogP contribution < -0.4 is 27.8 Å². The molecule has 3 atom stereocenters. The lowest BCUT2D eigenvalue weighted by Gasteiger charge is -2.20. The number of unbranched alkanes of at least 4 members (excludes halogenated alkanes) is 1. The number of primary amides is 1. The smallest absolute Gasteiger partial charge is 0.326 e. The number of rotatable bonds is 12. The van der Waals surface area contributed by atoms with Gasteiger partial charge in [-0.25, -0.2) is 4.79 Å². The van der Waals surface area contributed by atoms with Gasteiger partial charge in [0.25, 0.3) is 0 Å². The van der Waals surface area contributed by atoms with E-state index in [4.69, 9.17) is 22.3 Å². The molecule has 0 spiro atoms. The maximum atomic E-state index is 12.0. The lowest BCUT2D eigenvalue weighted by molar-refractivity contribution is -0.142. The molecule has 0 aromatic heterocycles. The van der Waals surface area contributed by atoms with Crippen LogP contribution in [0.5, 0.6) is 0 Å². The number of aliphatic carboxylic acids is 1. The summed E-state index contributed by atoms with van der Waals surface area (Å²) in [5.41, 5.74) is 15.9. The minimum absolute atomic E-state index is 0.0443. The number of hydrogen-bond donors (Lipinski definition) is 6. The first kappa shape index (κ1) is 21.8. The normalized spacial score (nSPS) is 14.3. The van der Waals surface area contributed by atoms with Gasteiger partial charge in [0.1, 0.15) is 12.1 Å². The SMILES string of the molecule is C[C@H](NC(=O)[C@@H](N)CCC(N)=O)C(=O)N[C@@H](CCCCN)C(=O)O. The molecule has 0 aliphatic heterocycles. The van der Waals surface area contributed by atoms with Crippen LogP contribution in [0.3, 0.4) is 0 Å². The molecule has 0 aliphatic carbocycles. The molecule has 0 aromatic rings. The molecule has 0 bridgehead atoms. The average molecular weight is 345 g/mol. The molecule has 0 saturated heterocycles. The van der Waals surface area contributed by atoms with E-state index in [-0.39, 0.29) is 19.3 Å². The van der Waals surface area contributed by atoms with E-state index in [2.05, 4.69) is 10.6 Å². The molecular weight excluding hydrogens is 318 g/mol. The van der Waals surface area contributed by atoms with Gasteiger partial charge in [0, 0.05) is 6.42 Å². The first-order valence-corrected chi connectivity index (χ1v) is 7.76. The lowest BCUT2D eigenvalue weighted by atomic mass is 10.1. The summed E-state index contributed by atoms with van der Waals surface area (Å²) in [6.07, 6.45) is 1.48. The van der Waals surface area contributed by atoms with Crippen molar-refractivity contribution in [1.82, 2.24) is 10.6 Å². The molecule has 10 nitrogen and oxygen atoms in total. The van der Waals surface area contributed by atoms with E-state index in [0.717, 1.165) is 0 Å². The Morgan fingerprint density at radius 1 is 1.04 bits per heavy atom. The third kappa shape index (κ3) is 9.06. The predicted molar refractivity (Wildman–Crippen MR) is 86.5 cm³/mol. The third-order valence-electron chi connectivity index (χ3n) is 3.35. The van der Waals surface area contributed by atoms with E-state index in [1.165, 1.54) is 6.92 Å². The highest BCUT2D eigenvalue weighted by Gasteiger charge is 2.25. The van der Waals surface area contributed by atoms with Gasteiger partial charge in [-0.3, -0.25) is 14.4 Å². The van der Waals surface area contributed by atoms with Crippen LogP contribution in [0.15, 0.2) is 0 Å². The second kappa shape index (κ2) is 11.4. The van der Waals surface area contributed by atoms with E-state index in [1.807, 2.05) is 0 Å². The zero-order valence-electron chi connectivity index (χ0n) is 13.8. The maximum absolute atomic E-state index is 12.0. The van der Waals surface area contributed by atoms with Crippen molar-refractivity contribution >= 4 is 23.7 Å². The number of amides is 3. The number of hydrogen-bond acceptors (Lipinski definition) is 6. The molecule has 0 aliphatic rings. The molecule has 3 amide bonds. The highest BCUT2D eigenvalue weighted by atomic mass is 16.4. The van der Waals surface area contributed by atoms with Crippen LogP contribution in [-0.4, -0.2) is 53.5 Å². The summed E-state index contributed by atoms with van der Waals surface area (Å²) in [5.74, 6) is -2.98. The van der Waals surface area contributed by atoms with Crippen LogP contribution in [0.4, 0.5) is 0 Å². The fourth-order valence-electron chi connectivity index (χ4n) is 1.86. The monoisotopic (exact) mass is 345 g/mol. The van der Waals surface area contributed by atoms with Crippen molar-refractivity contribution in [1.29, 1.82) is 0 Å². The standard InChI is InChI=1S/C14H27N5O5/c1-8(18-13(22)9(16)5-6-11(17)20)12(21)19-10(14(23)24)4-2-3-7-15/h8-10H,2-7,15-16H2,1H3,(H2,17,20)(H,18,22)(H,19,21)(H,23,24)/t8-,9-,10-/m0/s1. The minimum atomic E-state index is -1.16. The Morgan fingerprint density at radius 3 is 2.17 bits per heavy atom. The summed E-state index contributed by atoms with van der Waals surface area (Å²) in [7, 11) is 0. The van der Waals surface area contributed by atoms with Crippen LogP contribution >= 0.6 is 0 Å². The zero-order chi connectivity index (χ0) is 18.7. The molecule has 24 heavy (non-hydrogen) atoms. The Bertz CT molecular complexity index is 457. The van der Waals surface area contributed by atoms with Crippen LogP contribution in [0.2, 0.25) is 0 Å². The quantitative estimate of drug-likeness (QED) is 0.216. The van der Waals surface area contributed by atoms with Gasteiger partial charge in [0.15, 0.2) is 0 Å². The lowest BCUT2D eigenvalue weighted by Crippen LogP contribution is -2.53. The number of nitrogens with one attached hydrogen (secondary N) is 2. The van der Waals surface area contributed by atoms with Gasteiger partial charge in [0.05, 0.1) is 6.04 Å². The Hall–Kier alpha value is -2.20. The van der Waals surface area contributed by atoms with Crippen molar-refractivity contribution in [3.05, 3.63) is 0 Å². The molecule has 0 rings (SSSR count). The zero-order valence-corrected chi connectivity index (χ0v) is 13.8. The topological polar surface area (TPSA) is 191 Å². The van der Waals surface area contributed by atoms with Crippen molar-refractivity contribution in [2.24, 2.45) is 17.2 Å². The highest BCUT2D eigenvalue weighted by molar-refractivity contribution is 5.91. The molecule has 0 fully saturated rings. The molecule has 0 heterocycles. The first-order valence-electron chi connectivity index (χ1n) is 7.76. The number of nitrogens with two attached hydrogens (primary N) is 3. The number of carboxylic acids is 1. The van der Waals surface area contributed by atoms with E-state index >= 15 is 0 Å². The van der Waals surface area contributed by atoms with Crippen molar-refractivity contribution in [3.8, 4) is 0 Å². The predicted octanol–water partition coefficient (Wildman–Crippen LogP) is -2.22. The Balaban J connectivity index is 4.44. The van der Waals surface area contributed by atoms with Gasteiger partial charge in [0.2, 0.25) is 17.7 Å². The Kier molecular flexibility index (Phi) is 10.3. The second-order valence-electron chi connectivity index (χ2n) is 5.53. The van der Waals surface area contributed by atoms with Crippen LogP contribution in [0.25, 0.3) is 0 Å². The largest absolute Gasteiger partial charge is 0.480 e. The second-order valence-corrected chi connectivity index (χ2v) is 5.53. The summed E-state index contributed by atoms with van der Waals surface area (Å²) < 4.78 is 0. The van der Waals surface area contributed by atoms with Gasteiger partial charge in [-0.05, 0) is 39.2 Å². The van der Waals surface area contributed by atoms with Gasteiger partial charge in [-0.15, -0.1) is 0 Å². The van der Waals surface area contributed by atoms with Gasteiger partial charge in [-0.2, -0.15) is 0 Å². The van der Waals surface area contributed by atoms with Crippen molar-refractivity contribution in [2.75, 3.05) is 6.54 Å². The molecule has 0 saturated carbocycles. The molecule has 0 unspecified atom stereocenters. The number of carboxylic acid groups (broad SMARTS) is 1. The fraction of sp³-hybridized carbons (Fsp3) is 0.714. The summed E-state index contributed by atoms with van der Waals surface area (Å²) >= 11 is 0. The number of carbonyl (C=O) groups is 4. The molecule has 0 aromatic carbocycles. The Morgan fingerprint density at radius 2 is 1.67 bits per heavy atom. The van der Waals surface area contributed by atoms with E-state index in [0.29, 0.717) is 19.4 Å². The van der Waals surface area contributed by atoms with Gasteiger partial charge in [-0.1, -0.05) is 0 Å². The Labute approximate surface area is 140 Å². The molecule has 0 radical (unpaired) electrons. The molecule has 138 valence electrons.